The van der Waals surface area contributed by atoms with E-state index in [1.807, 2.05) is 0 Å². The fraction of sp³-hybridized carbons (Fsp3) is 0. The number of hydrogen-bond acceptors (Lipinski definition) is 4. The van der Waals surface area contributed by atoms with Gasteiger partial charge >= 0.3 is 5.69 Å². The lowest BCUT2D eigenvalue weighted by Crippen LogP contribution is -1.94. The summed E-state index contributed by atoms with van der Waals surface area (Å²) in [6.07, 6.45) is 0.437. The number of nitrogens with zero attached hydrogens (tertiary/aromatic N) is 1. The van der Waals surface area contributed by atoms with Crippen molar-refractivity contribution in [3.8, 4) is 11.5 Å². The van der Waals surface area contributed by atoms with Crippen LogP contribution in [0, 0.1) is 21.7 Å². The van der Waals surface area contributed by atoms with E-state index in [-0.39, 0.29) is 17.1 Å². The van der Waals surface area contributed by atoms with E-state index in [2.05, 4.69) is 0 Å². The molecule has 0 aliphatic rings. The fourth-order valence-electron chi connectivity index (χ4n) is 1.55. The van der Waals surface area contributed by atoms with Crippen molar-refractivity contribution in [3.05, 3.63) is 63.7 Å². The summed E-state index contributed by atoms with van der Waals surface area (Å²) in [4.78, 5) is 20.2. The van der Waals surface area contributed by atoms with Crippen molar-refractivity contribution in [3.63, 3.8) is 0 Å². The minimum Gasteiger partial charge on any atom is -0.457 e. The highest BCUT2D eigenvalue weighted by atomic mass is 19.1. The molecule has 0 fully saturated rings. The van der Waals surface area contributed by atoms with Gasteiger partial charge in [0.05, 0.1) is 4.92 Å². The number of aldehydes is 1. The smallest absolute Gasteiger partial charge is 0.305 e. The van der Waals surface area contributed by atoms with E-state index in [0.29, 0.717) is 6.29 Å². The van der Waals surface area contributed by atoms with Crippen molar-refractivity contribution >= 4 is 12.0 Å². The van der Waals surface area contributed by atoms with Gasteiger partial charge in [0.25, 0.3) is 0 Å². The molecule has 0 saturated carbocycles. The van der Waals surface area contributed by atoms with Crippen LogP contribution in [0.25, 0.3) is 0 Å². The van der Waals surface area contributed by atoms with Gasteiger partial charge in [-0.1, -0.05) is 0 Å². The molecule has 0 saturated heterocycles. The Hall–Kier alpha value is -2.83. The summed E-state index contributed by atoms with van der Waals surface area (Å²) in [5.74, 6) is -1.82. The first-order valence-electron chi connectivity index (χ1n) is 5.37. The molecule has 0 unspecified atom stereocenters. The molecule has 0 atom stereocenters. The molecule has 0 bridgehead atoms. The molecule has 0 N–H and O–H groups in total. The Kier molecular flexibility index (Phi) is 3.69. The Morgan fingerprint density at radius 3 is 2.45 bits per heavy atom. The summed E-state index contributed by atoms with van der Waals surface area (Å²) in [7, 11) is 0. The Morgan fingerprint density at radius 2 is 1.85 bits per heavy atom. The number of carbonyl (C=O) groups is 1. The summed E-state index contributed by atoms with van der Waals surface area (Å²) in [6, 6.07) is 6.19. The van der Waals surface area contributed by atoms with E-state index >= 15 is 0 Å². The second-order valence-electron chi connectivity index (χ2n) is 3.81. The second-order valence-corrected chi connectivity index (χ2v) is 3.81. The summed E-state index contributed by atoms with van der Waals surface area (Å²) in [5, 5.41) is 10.5. The van der Waals surface area contributed by atoms with Crippen LogP contribution in [0.15, 0.2) is 36.4 Å². The predicted octanol–water partition coefficient (Wildman–Crippen LogP) is 3.48. The van der Waals surface area contributed by atoms with Crippen LogP contribution >= 0.6 is 0 Å². The third-order valence-corrected chi connectivity index (χ3v) is 2.38. The summed E-state index contributed by atoms with van der Waals surface area (Å²) in [6.45, 7) is 0. The molecule has 0 aliphatic heterocycles. The van der Waals surface area contributed by atoms with Gasteiger partial charge in [0.15, 0.2) is 0 Å². The van der Waals surface area contributed by atoms with E-state index in [0.717, 1.165) is 24.3 Å². The van der Waals surface area contributed by atoms with Crippen molar-refractivity contribution in [1.29, 1.82) is 0 Å². The van der Waals surface area contributed by atoms with Crippen molar-refractivity contribution in [1.82, 2.24) is 0 Å². The molecule has 20 heavy (non-hydrogen) atoms. The molecule has 0 amide bonds. The second kappa shape index (κ2) is 5.43. The average Bonchev–Trinajstić information content (AvgIpc) is 2.37. The van der Waals surface area contributed by atoms with Crippen LogP contribution in [0.3, 0.4) is 0 Å². The largest absolute Gasteiger partial charge is 0.457 e. The van der Waals surface area contributed by atoms with Crippen molar-refractivity contribution < 1.29 is 23.2 Å². The minimum atomic E-state index is -1.07. The molecular formula is C13H7F2NO4. The lowest BCUT2D eigenvalue weighted by Gasteiger charge is -2.06. The quantitative estimate of drug-likeness (QED) is 0.488. The molecule has 0 spiro atoms. The van der Waals surface area contributed by atoms with E-state index in [1.165, 1.54) is 12.1 Å². The van der Waals surface area contributed by atoms with Crippen LogP contribution in [0.1, 0.15) is 10.4 Å². The zero-order valence-electron chi connectivity index (χ0n) is 9.88. The zero-order chi connectivity index (χ0) is 14.7. The number of benzene rings is 2. The molecule has 0 heterocycles. The summed E-state index contributed by atoms with van der Waals surface area (Å²) < 4.78 is 31.7. The molecule has 2 aromatic carbocycles. The predicted molar refractivity (Wildman–Crippen MR) is 64.9 cm³/mol. The maximum atomic E-state index is 13.4. The molecule has 2 rings (SSSR count). The highest BCUT2D eigenvalue weighted by Gasteiger charge is 2.14. The minimum absolute atomic E-state index is 0.0136. The standard InChI is InChI=1S/C13H7F2NO4/c14-9-3-8(7-17)4-11(5-9)20-10-1-2-13(16(18)19)12(15)6-10/h1-7H. The van der Waals surface area contributed by atoms with Crippen molar-refractivity contribution in [2.24, 2.45) is 0 Å². The average molecular weight is 279 g/mol. The number of hydrogen-bond donors (Lipinski definition) is 0. The highest BCUT2D eigenvalue weighted by Crippen LogP contribution is 2.27. The number of nitro groups is 1. The molecule has 0 aromatic heterocycles. The Balaban J connectivity index is 2.30. The van der Waals surface area contributed by atoms with Gasteiger partial charge in [0, 0.05) is 23.8 Å². The maximum absolute atomic E-state index is 13.4. The van der Waals surface area contributed by atoms with Gasteiger partial charge in [-0.3, -0.25) is 14.9 Å². The van der Waals surface area contributed by atoms with Gasteiger partial charge in [0.2, 0.25) is 5.82 Å². The first-order chi connectivity index (χ1) is 9.49. The Bertz CT molecular complexity index is 688. The van der Waals surface area contributed by atoms with E-state index in [4.69, 9.17) is 4.74 Å². The lowest BCUT2D eigenvalue weighted by atomic mass is 10.2. The molecule has 102 valence electrons. The van der Waals surface area contributed by atoms with E-state index in [1.54, 1.807) is 0 Å². The zero-order valence-corrected chi connectivity index (χ0v) is 9.88. The van der Waals surface area contributed by atoms with Gasteiger partial charge in [-0.25, -0.2) is 4.39 Å². The van der Waals surface area contributed by atoms with Crippen molar-refractivity contribution in [2.75, 3.05) is 0 Å². The molecule has 0 aliphatic carbocycles. The fourth-order valence-corrected chi connectivity index (χ4v) is 1.55. The number of halogens is 2. The molecule has 2 aromatic rings. The number of rotatable bonds is 4. The van der Waals surface area contributed by atoms with Crippen LogP contribution in [0.5, 0.6) is 11.5 Å². The molecule has 5 nitrogen and oxygen atoms in total. The van der Waals surface area contributed by atoms with Gasteiger partial charge in [-0.15, -0.1) is 0 Å². The topological polar surface area (TPSA) is 69.4 Å². The molecular weight excluding hydrogens is 272 g/mol. The van der Waals surface area contributed by atoms with Crippen LogP contribution < -0.4 is 4.74 Å². The number of ether oxygens (including phenoxy) is 1. The van der Waals surface area contributed by atoms with E-state index in [9.17, 15) is 23.7 Å². The van der Waals surface area contributed by atoms with Crippen molar-refractivity contribution in [2.45, 2.75) is 0 Å². The highest BCUT2D eigenvalue weighted by molar-refractivity contribution is 5.75. The summed E-state index contributed by atoms with van der Waals surface area (Å²) >= 11 is 0. The number of carbonyl (C=O) groups excluding carboxylic acids is 1. The third-order valence-electron chi connectivity index (χ3n) is 2.38. The van der Waals surface area contributed by atoms with Gasteiger partial charge < -0.3 is 4.74 Å². The molecule has 7 heteroatoms. The Labute approximate surface area is 111 Å². The Morgan fingerprint density at radius 1 is 1.10 bits per heavy atom. The normalized spacial score (nSPS) is 10.1. The lowest BCUT2D eigenvalue weighted by molar-refractivity contribution is -0.387. The monoisotopic (exact) mass is 279 g/mol. The summed E-state index contributed by atoms with van der Waals surface area (Å²) in [5.41, 5.74) is -0.632. The first kappa shape index (κ1) is 13.6. The third kappa shape index (κ3) is 2.94. The maximum Gasteiger partial charge on any atom is 0.305 e. The van der Waals surface area contributed by atoms with Gasteiger partial charge in [0.1, 0.15) is 23.6 Å². The van der Waals surface area contributed by atoms with Gasteiger partial charge in [-0.05, 0) is 18.2 Å². The van der Waals surface area contributed by atoms with E-state index < -0.39 is 22.2 Å². The number of nitro benzene ring substituents is 1. The van der Waals surface area contributed by atoms with Crippen LogP contribution in [-0.2, 0) is 0 Å². The van der Waals surface area contributed by atoms with Crippen LogP contribution in [-0.4, -0.2) is 11.2 Å². The van der Waals surface area contributed by atoms with Gasteiger partial charge in [-0.2, -0.15) is 4.39 Å². The molecule has 0 radical (unpaired) electrons. The van der Waals surface area contributed by atoms with Crippen LogP contribution in [0.2, 0.25) is 0 Å². The SMILES string of the molecule is O=Cc1cc(F)cc(Oc2ccc([N+](=O)[O-])c(F)c2)c1. The van der Waals surface area contributed by atoms with Crippen LogP contribution in [0.4, 0.5) is 14.5 Å². The first-order valence-corrected chi connectivity index (χ1v) is 5.37.